The number of likely N-dealkylation sites (N-methyl/N-ethyl adjacent to an activating group) is 1. The van der Waals surface area contributed by atoms with Gasteiger partial charge in [-0.25, -0.2) is 4.57 Å². The molecule has 0 heterocycles. The van der Waals surface area contributed by atoms with Gasteiger partial charge in [0.2, 0.25) is 0 Å². The Morgan fingerprint density at radius 1 is 1.09 bits per heavy atom. The second-order valence-electron chi connectivity index (χ2n) is 8.93. The van der Waals surface area contributed by atoms with Gasteiger partial charge in [-0.1, -0.05) is 11.6 Å². The Bertz CT molecular complexity index is 743. The molecular formula is C22H39ClNO9P. The molecule has 2 unspecified atom stereocenters. The highest BCUT2D eigenvalue weighted by atomic mass is 35.5. The molecule has 0 bridgehead atoms. The number of unbranched alkanes of at least 4 members (excludes halogenated alkanes) is 2. The normalized spacial score (nSPS) is 15.1. The van der Waals surface area contributed by atoms with Crippen molar-refractivity contribution in [3.05, 3.63) is 29.3 Å². The van der Waals surface area contributed by atoms with Crippen LogP contribution in [0.4, 0.5) is 0 Å². The van der Waals surface area contributed by atoms with Crippen molar-refractivity contribution in [3.63, 3.8) is 0 Å². The van der Waals surface area contributed by atoms with Gasteiger partial charge in [0.15, 0.2) is 0 Å². The Morgan fingerprint density at radius 3 is 2.29 bits per heavy atom. The molecule has 0 amide bonds. The number of carbonyl (C=O) groups is 1. The van der Waals surface area contributed by atoms with Crippen LogP contribution in [0.15, 0.2) is 24.3 Å². The highest BCUT2D eigenvalue weighted by Gasteiger charge is 2.31. The van der Waals surface area contributed by atoms with E-state index in [1.54, 1.807) is 12.1 Å². The van der Waals surface area contributed by atoms with Crippen molar-refractivity contribution in [1.82, 2.24) is 0 Å². The summed E-state index contributed by atoms with van der Waals surface area (Å²) in [5.74, 6) is -0.331. The van der Waals surface area contributed by atoms with Gasteiger partial charge >= 0.3 is 13.8 Å². The SMILES string of the molecule is CC(CCOc1ccc(Cl)cc1)OCCCCCOP(=O)(O)O[C@H](CC(=O)O)C[N+](C)(C)C.[OH-]. The van der Waals surface area contributed by atoms with E-state index in [4.69, 9.17) is 35.2 Å². The molecule has 0 radical (unpaired) electrons. The average molecular weight is 528 g/mol. The molecule has 0 aliphatic rings. The minimum atomic E-state index is -4.33. The predicted molar refractivity (Wildman–Crippen MR) is 129 cm³/mol. The Hall–Kier alpha value is -1.23. The molecular weight excluding hydrogens is 489 g/mol. The molecule has 0 aliphatic carbocycles. The van der Waals surface area contributed by atoms with E-state index < -0.39 is 19.9 Å². The maximum atomic E-state index is 12.2. The van der Waals surface area contributed by atoms with Crippen LogP contribution >= 0.6 is 19.4 Å². The third kappa shape index (κ3) is 17.2. The Kier molecular flexibility index (Phi) is 15.8. The molecule has 12 heteroatoms. The third-order valence-electron chi connectivity index (χ3n) is 4.49. The molecule has 0 fully saturated rings. The molecule has 3 N–H and O–H groups in total. The van der Waals surface area contributed by atoms with E-state index in [2.05, 4.69) is 0 Å². The molecule has 0 saturated heterocycles. The number of carboxylic acid groups (broad SMARTS) is 1. The number of hydrogen-bond acceptors (Lipinski definition) is 7. The number of rotatable bonds is 18. The summed E-state index contributed by atoms with van der Waals surface area (Å²) in [5, 5.41) is 9.67. The minimum Gasteiger partial charge on any atom is -0.870 e. The fraction of sp³-hybridized carbons (Fsp3) is 0.682. The summed E-state index contributed by atoms with van der Waals surface area (Å²) in [7, 11) is 1.20. The Balaban J connectivity index is 0.0000109. The molecule has 1 aromatic carbocycles. The van der Waals surface area contributed by atoms with Gasteiger partial charge in [0.25, 0.3) is 0 Å². The zero-order valence-corrected chi connectivity index (χ0v) is 22.0. The van der Waals surface area contributed by atoms with Crippen LogP contribution in [0.5, 0.6) is 5.75 Å². The average Bonchev–Trinajstić information content (AvgIpc) is 2.66. The molecule has 10 nitrogen and oxygen atoms in total. The number of phosphoric acid groups is 1. The molecule has 0 saturated carbocycles. The molecule has 34 heavy (non-hydrogen) atoms. The van der Waals surface area contributed by atoms with E-state index in [0.29, 0.717) is 29.1 Å². The summed E-state index contributed by atoms with van der Waals surface area (Å²) in [6.07, 6.45) is 1.61. The lowest BCUT2D eigenvalue weighted by Gasteiger charge is -2.29. The number of carboxylic acids is 1. The van der Waals surface area contributed by atoms with Gasteiger partial charge in [0.1, 0.15) is 18.4 Å². The quantitative estimate of drug-likeness (QED) is 0.163. The van der Waals surface area contributed by atoms with Gasteiger partial charge in [-0.3, -0.25) is 13.8 Å². The summed E-state index contributed by atoms with van der Waals surface area (Å²) in [6.45, 7) is 3.40. The van der Waals surface area contributed by atoms with Crippen molar-refractivity contribution in [1.29, 1.82) is 0 Å². The summed E-state index contributed by atoms with van der Waals surface area (Å²) < 4.78 is 34.1. The lowest BCUT2D eigenvalue weighted by Crippen LogP contribution is -2.42. The number of benzene rings is 1. The molecule has 0 aliphatic heterocycles. The Morgan fingerprint density at radius 2 is 1.71 bits per heavy atom. The standard InChI is InChI=1S/C22H37ClNO8P.H2O/c1-18(12-15-30-20-10-8-19(23)9-11-20)29-13-6-5-7-14-31-33(27,28)32-21(16-22(25)26)17-24(2,3)4;/h8-11,18,21H,5-7,12-17H2,1-4H3,(H-,25,26,27,28);1H2/t18?,21-;/m1./s1. The lowest BCUT2D eigenvalue weighted by molar-refractivity contribution is -0.873. The first-order valence-electron chi connectivity index (χ1n) is 11.0. The van der Waals surface area contributed by atoms with E-state index in [1.807, 2.05) is 40.2 Å². The molecule has 1 aromatic rings. The van der Waals surface area contributed by atoms with Crippen LogP contribution in [-0.4, -0.2) is 85.6 Å². The Labute approximate surface area is 207 Å². The van der Waals surface area contributed by atoms with E-state index in [-0.39, 0.29) is 31.2 Å². The second kappa shape index (κ2) is 16.4. The molecule has 0 spiro atoms. The first-order valence-corrected chi connectivity index (χ1v) is 12.9. The smallest absolute Gasteiger partial charge is 0.472 e. The molecule has 0 aromatic heterocycles. The number of quaternary nitrogens is 1. The van der Waals surface area contributed by atoms with E-state index >= 15 is 0 Å². The number of ether oxygens (including phenoxy) is 2. The van der Waals surface area contributed by atoms with Gasteiger partial charge in [-0.15, -0.1) is 0 Å². The van der Waals surface area contributed by atoms with Crippen molar-refractivity contribution < 1.29 is 47.8 Å². The maximum Gasteiger partial charge on any atom is 0.472 e. The van der Waals surface area contributed by atoms with Crippen LogP contribution in [0, 0.1) is 0 Å². The number of aliphatic carboxylic acids is 1. The van der Waals surface area contributed by atoms with Crippen LogP contribution in [0.1, 0.15) is 39.0 Å². The zero-order chi connectivity index (χ0) is 24.9. The maximum absolute atomic E-state index is 12.2. The van der Waals surface area contributed by atoms with Crippen molar-refractivity contribution in [2.75, 3.05) is 47.5 Å². The van der Waals surface area contributed by atoms with Crippen LogP contribution < -0.4 is 4.74 Å². The number of halogens is 1. The molecule has 1 rings (SSSR count). The van der Waals surface area contributed by atoms with E-state index in [0.717, 1.165) is 25.0 Å². The summed E-state index contributed by atoms with van der Waals surface area (Å²) in [5.41, 5.74) is 0. The van der Waals surface area contributed by atoms with Crippen molar-refractivity contribution >= 4 is 25.4 Å². The van der Waals surface area contributed by atoms with Crippen molar-refractivity contribution in [2.45, 2.75) is 51.2 Å². The predicted octanol–water partition coefficient (Wildman–Crippen LogP) is 4.19. The van der Waals surface area contributed by atoms with Crippen LogP contribution in [0.2, 0.25) is 5.02 Å². The number of hydrogen-bond donors (Lipinski definition) is 2. The highest BCUT2D eigenvalue weighted by molar-refractivity contribution is 7.47. The first-order chi connectivity index (χ1) is 15.4. The number of phosphoric ester groups is 1. The molecule has 198 valence electrons. The largest absolute Gasteiger partial charge is 0.870 e. The van der Waals surface area contributed by atoms with Gasteiger partial charge in [0, 0.05) is 18.1 Å². The lowest BCUT2D eigenvalue weighted by atomic mass is 10.2. The van der Waals surface area contributed by atoms with Gasteiger partial charge < -0.3 is 29.4 Å². The minimum absolute atomic E-state index is 0. The topological polar surface area (TPSA) is 142 Å². The summed E-state index contributed by atoms with van der Waals surface area (Å²) >= 11 is 5.84. The summed E-state index contributed by atoms with van der Waals surface area (Å²) in [6, 6.07) is 7.20. The fourth-order valence-electron chi connectivity index (χ4n) is 2.96. The van der Waals surface area contributed by atoms with Gasteiger partial charge in [-0.05, 0) is 50.5 Å². The third-order valence-corrected chi connectivity index (χ3v) is 5.81. The first kappa shape index (κ1) is 32.8. The zero-order valence-electron chi connectivity index (χ0n) is 20.4. The van der Waals surface area contributed by atoms with E-state index in [1.165, 1.54) is 0 Å². The van der Waals surface area contributed by atoms with E-state index in [9.17, 15) is 14.3 Å². The molecule has 3 atom stereocenters. The fourth-order valence-corrected chi connectivity index (χ4v) is 4.03. The van der Waals surface area contributed by atoms with Crippen molar-refractivity contribution in [2.24, 2.45) is 0 Å². The van der Waals surface area contributed by atoms with Crippen molar-refractivity contribution in [3.8, 4) is 5.75 Å². The number of nitrogens with zero attached hydrogens (tertiary/aromatic N) is 1. The van der Waals surface area contributed by atoms with Crippen LogP contribution in [-0.2, 0) is 23.1 Å². The second-order valence-corrected chi connectivity index (χ2v) is 10.8. The highest BCUT2D eigenvalue weighted by Crippen LogP contribution is 2.45. The van der Waals surface area contributed by atoms with Crippen LogP contribution in [0.25, 0.3) is 0 Å². The monoisotopic (exact) mass is 527 g/mol. The van der Waals surface area contributed by atoms with Crippen LogP contribution in [0.3, 0.4) is 0 Å². The van der Waals surface area contributed by atoms with Gasteiger partial charge in [0.05, 0.1) is 46.9 Å². The summed E-state index contributed by atoms with van der Waals surface area (Å²) in [4.78, 5) is 20.9. The van der Waals surface area contributed by atoms with Gasteiger partial charge in [-0.2, -0.15) is 0 Å².